The Balaban J connectivity index is 2.34. The lowest BCUT2D eigenvalue weighted by atomic mass is 10.2. The van der Waals surface area contributed by atoms with Gasteiger partial charge in [0.05, 0.1) is 0 Å². The summed E-state index contributed by atoms with van der Waals surface area (Å²) in [6.45, 7) is 11.9. The summed E-state index contributed by atoms with van der Waals surface area (Å²) in [5.74, 6) is 0.610. The maximum Gasteiger partial charge on any atom is 0.407 e. The summed E-state index contributed by atoms with van der Waals surface area (Å²) in [6, 6.07) is 0.232. The van der Waals surface area contributed by atoms with E-state index < -0.39 is 5.60 Å². The fraction of sp³-hybridized carbons (Fsp3) is 0.938. The zero-order valence-electron chi connectivity index (χ0n) is 14.6. The van der Waals surface area contributed by atoms with Crippen LogP contribution in [0.15, 0.2) is 0 Å². The quantitative estimate of drug-likeness (QED) is 0.605. The molecule has 1 unspecified atom stereocenters. The van der Waals surface area contributed by atoms with Gasteiger partial charge in [0.2, 0.25) is 0 Å². The predicted octanol–water partition coefficient (Wildman–Crippen LogP) is 2.28. The summed E-state index contributed by atoms with van der Waals surface area (Å²) >= 11 is 0. The monoisotopic (exact) mass is 316 g/mol. The van der Waals surface area contributed by atoms with Crippen molar-refractivity contribution in [2.75, 3.05) is 26.3 Å². The Labute approximate surface area is 134 Å². The van der Waals surface area contributed by atoms with Gasteiger partial charge in [-0.3, -0.25) is 0 Å². The molecule has 6 heteroatoms. The highest BCUT2D eigenvalue weighted by Gasteiger charge is 2.32. The minimum absolute atomic E-state index is 0.232. The van der Waals surface area contributed by atoms with E-state index in [0.717, 1.165) is 0 Å². The maximum atomic E-state index is 11.7. The fourth-order valence-electron chi connectivity index (χ4n) is 2.20. The van der Waals surface area contributed by atoms with Gasteiger partial charge in [0.1, 0.15) is 5.60 Å². The maximum absolute atomic E-state index is 11.7. The zero-order valence-corrected chi connectivity index (χ0v) is 14.6. The Kier molecular flexibility index (Phi) is 8.14. The number of hydrogen-bond donors (Lipinski definition) is 2. The Morgan fingerprint density at radius 2 is 1.73 bits per heavy atom. The van der Waals surface area contributed by atoms with E-state index in [4.69, 9.17) is 14.2 Å². The highest BCUT2D eigenvalue weighted by molar-refractivity contribution is 5.67. The standard InChI is InChI=1S/C16H32N2O4/c1-6-20-14(21-7-2)11-17-13(12-8-9-12)10-18-15(19)22-16(3,4)5/h12-14,17H,6-11H2,1-5H3,(H,18,19). The number of rotatable bonds is 10. The molecule has 0 bridgehead atoms. The molecule has 0 saturated heterocycles. The van der Waals surface area contributed by atoms with E-state index >= 15 is 0 Å². The molecule has 1 saturated carbocycles. The van der Waals surface area contributed by atoms with Crippen molar-refractivity contribution in [3.8, 4) is 0 Å². The van der Waals surface area contributed by atoms with Gasteiger partial charge in [-0.1, -0.05) is 0 Å². The lowest BCUT2D eigenvalue weighted by molar-refractivity contribution is -0.133. The normalized spacial score (nSPS) is 16.6. The molecule has 0 heterocycles. The molecule has 1 atom stereocenters. The van der Waals surface area contributed by atoms with Crippen LogP contribution in [0.4, 0.5) is 4.79 Å². The van der Waals surface area contributed by atoms with Crippen LogP contribution < -0.4 is 10.6 Å². The number of nitrogens with one attached hydrogen (secondary N) is 2. The van der Waals surface area contributed by atoms with Crippen LogP contribution >= 0.6 is 0 Å². The largest absolute Gasteiger partial charge is 0.444 e. The number of hydrogen-bond acceptors (Lipinski definition) is 5. The van der Waals surface area contributed by atoms with E-state index in [1.165, 1.54) is 12.8 Å². The van der Waals surface area contributed by atoms with Gasteiger partial charge in [0.25, 0.3) is 0 Å². The van der Waals surface area contributed by atoms with E-state index in [0.29, 0.717) is 32.2 Å². The number of alkyl carbamates (subject to hydrolysis) is 1. The van der Waals surface area contributed by atoms with Gasteiger partial charge in [-0.05, 0) is 53.4 Å². The summed E-state index contributed by atoms with van der Waals surface area (Å²) in [4.78, 5) is 11.7. The van der Waals surface area contributed by atoms with Crippen LogP contribution in [0, 0.1) is 5.92 Å². The summed E-state index contributed by atoms with van der Waals surface area (Å²) in [7, 11) is 0. The number of ether oxygens (including phenoxy) is 3. The Morgan fingerprint density at radius 3 is 2.18 bits per heavy atom. The van der Waals surface area contributed by atoms with E-state index in [9.17, 15) is 4.79 Å². The highest BCUT2D eigenvalue weighted by atomic mass is 16.7. The minimum atomic E-state index is -0.471. The van der Waals surface area contributed by atoms with Gasteiger partial charge in [-0.2, -0.15) is 0 Å². The first-order valence-electron chi connectivity index (χ1n) is 8.29. The molecule has 1 fully saturated rings. The van der Waals surface area contributed by atoms with Crippen molar-refractivity contribution in [3.05, 3.63) is 0 Å². The van der Waals surface area contributed by atoms with Gasteiger partial charge in [-0.25, -0.2) is 4.79 Å². The Hall–Kier alpha value is -0.850. The Bertz CT molecular complexity index is 321. The summed E-state index contributed by atoms with van der Waals surface area (Å²) in [5, 5.41) is 6.29. The van der Waals surface area contributed by atoms with Gasteiger partial charge >= 0.3 is 6.09 Å². The van der Waals surface area contributed by atoms with Crippen LogP contribution in [0.25, 0.3) is 0 Å². The molecule has 0 aliphatic heterocycles. The van der Waals surface area contributed by atoms with Gasteiger partial charge < -0.3 is 24.8 Å². The molecule has 1 rings (SSSR count). The third-order valence-corrected chi connectivity index (χ3v) is 3.31. The molecule has 6 nitrogen and oxygen atoms in total. The third-order valence-electron chi connectivity index (χ3n) is 3.31. The molecule has 2 N–H and O–H groups in total. The Morgan fingerprint density at radius 1 is 1.14 bits per heavy atom. The lowest BCUT2D eigenvalue weighted by Gasteiger charge is -2.24. The number of amides is 1. The molecule has 0 aromatic heterocycles. The van der Waals surface area contributed by atoms with Crippen LogP contribution in [-0.4, -0.2) is 50.3 Å². The summed E-state index contributed by atoms with van der Waals surface area (Å²) < 4.78 is 16.3. The lowest BCUT2D eigenvalue weighted by Crippen LogP contribution is -2.46. The van der Waals surface area contributed by atoms with Crippen molar-refractivity contribution in [1.82, 2.24) is 10.6 Å². The van der Waals surface area contributed by atoms with Crippen LogP contribution in [0.5, 0.6) is 0 Å². The van der Waals surface area contributed by atoms with Crippen molar-refractivity contribution in [2.24, 2.45) is 5.92 Å². The van der Waals surface area contributed by atoms with Gasteiger partial charge in [-0.15, -0.1) is 0 Å². The molecule has 0 aromatic rings. The first-order chi connectivity index (χ1) is 10.4. The van der Waals surface area contributed by atoms with Gasteiger partial charge in [0.15, 0.2) is 6.29 Å². The molecule has 0 radical (unpaired) electrons. The molecule has 22 heavy (non-hydrogen) atoms. The van der Waals surface area contributed by atoms with E-state index in [1.807, 2.05) is 34.6 Å². The molecule has 1 amide bonds. The average molecular weight is 316 g/mol. The van der Waals surface area contributed by atoms with E-state index in [1.54, 1.807) is 0 Å². The molecule has 1 aliphatic rings. The first kappa shape index (κ1) is 19.2. The van der Waals surface area contributed by atoms with Crippen molar-refractivity contribution in [1.29, 1.82) is 0 Å². The molecular weight excluding hydrogens is 284 g/mol. The average Bonchev–Trinajstić information content (AvgIpc) is 3.21. The molecule has 130 valence electrons. The number of carbonyl (C=O) groups excluding carboxylic acids is 1. The topological polar surface area (TPSA) is 68.8 Å². The third kappa shape index (κ3) is 8.56. The first-order valence-corrected chi connectivity index (χ1v) is 8.29. The molecular formula is C16H32N2O4. The predicted molar refractivity (Wildman–Crippen MR) is 85.8 cm³/mol. The summed E-state index contributed by atoms with van der Waals surface area (Å²) in [6.07, 6.45) is 1.78. The molecule has 0 spiro atoms. The van der Waals surface area contributed by atoms with E-state index in [2.05, 4.69) is 10.6 Å². The van der Waals surface area contributed by atoms with Crippen LogP contribution in [0.1, 0.15) is 47.5 Å². The number of carbonyl (C=O) groups is 1. The van der Waals surface area contributed by atoms with Crippen molar-refractivity contribution < 1.29 is 19.0 Å². The van der Waals surface area contributed by atoms with Crippen LogP contribution in [-0.2, 0) is 14.2 Å². The van der Waals surface area contributed by atoms with E-state index in [-0.39, 0.29) is 18.4 Å². The smallest absolute Gasteiger partial charge is 0.407 e. The SMILES string of the molecule is CCOC(CNC(CNC(=O)OC(C)(C)C)C1CC1)OCC. The van der Waals surface area contributed by atoms with Crippen LogP contribution in [0.3, 0.4) is 0 Å². The minimum Gasteiger partial charge on any atom is -0.444 e. The summed E-state index contributed by atoms with van der Waals surface area (Å²) in [5.41, 5.74) is -0.471. The second-order valence-electron chi connectivity index (χ2n) is 6.58. The second kappa shape index (κ2) is 9.33. The fourth-order valence-corrected chi connectivity index (χ4v) is 2.20. The molecule has 1 aliphatic carbocycles. The van der Waals surface area contributed by atoms with Crippen molar-refractivity contribution >= 4 is 6.09 Å². The van der Waals surface area contributed by atoms with Crippen molar-refractivity contribution in [2.45, 2.75) is 65.4 Å². The van der Waals surface area contributed by atoms with Crippen molar-refractivity contribution in [3.63, 3.8) is 0 Å². The second-order valence-corrected chi connectivity index (χ2v) is 6.58. The van der Waals surface area contributed by atoms with Gasteiger partial charge in [0, 0.05) is 32.3 Å². The zero-order chi connectivity index (χ0) is 16.6. The molecule has 0 aromatic carbocycles. The highest BCUT2D eigenvalue weighted by Crippen LogP contribution is 2.32. The van der Waals surface area contributed by atoms with Crippen LogP contribution in [0.2, 0.25) is 0 Å².